The average Bonchev–Trinajstić information content (AvgIpc) is 3.97. The normalized spacial score (nSPS) is 19.5. The lowest BCUT2D eigenvalue weighted by Crippen LogP contribution is -2.48. The highest BCUT2D eigenvalue weighted by Crippen LogP contribution is 2.40. The zero-order chi connectivity index (χ0) is 46.7. The Morgan fingerprint density at radius 3 is 2.40 bits per heavy atom. The summed E-state index contributed by atoms with van der Waals surface area (Å²) >= 11 is -2.24. The van der Waals surface area contributed by atoms with Gasteiger partial charge in [-0.1, -0.05) is 26.8 Å². The number of ether oxygens (including phenoxy) is 3. The van der Waals surface area contributed by atoms with E-state index in [1.807, 2.05) is 19.1 Å². The number of aromatic nitrogens is 5. The molecule has 0 radical (unpaired) electrons. The van der Waals surface area contributed by atoms with Gasteiger partial charge in [0.2, 0.25) is 17.5 Å². The number of anilines is 3. The fourth-order valence-corrected chi connectivity index (χ4v) is 9.38. The maximum atomic E-state index is 14.4. The van der Waals surface area contributed by atoms with Gasteiger partial charge in [0.15, 0.2) is 34.9 Å². The Morgan fingerprint density at radius 1 is 1.02 bits per heavy atom. The Labute approximate surface area is 379 Å². The van der Waals surface area contributed by atoms with Crippen LogP contribution in [0.3, 0.4) is 0 Å². The number of hydrogen-bond acceptors (Lipinski definition) is 12. The summed E-state index contributed by atoms with van der Waals surface area (Å²) < 4.78 is 43.0. The second kappa shape index (κ2) is 19.5. The molecule has 20 heteroatoms. The van der Waals surface area contributed by atoms with Gasteiger partial charge in [-0.2, -0.15) is 9.31 Å². The molecule has 0 bridgehead atoms. The standard InChI is InChI=1S/C45H54N10O9S/c1-10-61-44(58)29(6)62-36-14-11-25(2)21-37(36)64-65(60)51-34-22-32(12-13-35(34)53-17-15-52(16-18-53)31(8)57)41-49-42-38(45(59)63-40-27(4)19-26(3)20-28(40)5)39(46-9)43(55(42)50-41)54-24-33(23-47-54)48-30(7)56/h11-14,21-24,26-29,40,51H,10,15-20H2,1-8H3,(H,48,56)(H,49,50). The average molecular weight is 911 g/mol. The van der Waals surface area contributed by atoms with Gasteiger partial charge in [-0.15, -0.1) is 0 Å². The third kappa shape index (κ3) is 10.1. The van der Waals surface area contributed by atoms with Gasteiger partial charge < -0.3 is 33.5 Å². The molecule has 1 aliphatic heterocycles. The number of H-pyrrole nitrogens is 1. The van der Waals surface area contributed by atoms with Crippen molar-refractivity contribution >= 4 is 63.4 Å². The van der Waals surface area contributed by atoms with E-state index >= 15 is 0 Å². The number of aryl methyl sites for hydroxylation is 1. The first kappa shape index (κ1) is 46.1. The van der Waals surface area contributed by atoms with E-state index in [0.717, 1.165) is 18.4 Å². The zero-order valence-electron chi connectivity index (χ0n) is 37.7. The van der Waals surface area contributed by atoms with Crippen LogP contribution in [-0.4, -0.2) is 102 Å². The summed E-state index contributed by atoms with van der Waals surface area (Å²) in [6.07, 6.45) is 3.39. The molecule has 3 N–H and O–H groups in total. The Bertz CT molecular complexity index is 2660. The molecular formula is C45H54N10O9S. The van der Waals surface area contributed by atoms with Gasteiger partial charge in [-0.05, 0) is 87.3 Å². The topological polar surface area (TPSA) is 208 Å². The van der Waals surface area contributed by atoms with Gasteiger partial charge in [0.25, 0.3) is 0 Å². The van der Waals surface area contributed by atoms with Crippen LogP contribution in [0.15, 0.2) is 48.8 Å². The van der Waals surface area contributed by atoms with Gasteiger partial charge >= 0.3 is 23.2 Å². The third-order valence-corrected chi connectivity index (χ3v) is 12.3. The molecular weight excluding hydrogens is 857 g/mol. The van der Waals surface area contributed by atoms with E-state index < -0.39 is 29.3 Å². The SMILES string of the molecule is [C-]#[N+]c1c(C(=O)OC2C(C)CC(C)CC2C)c2nc(-c3ccc(N4CCN(C(C)=O)CC4)c(NS(=O)Oc4cc(C)ccc4OC(C)C(=O)OCC)c3)[nH]n2c1-n1cc(NC(C)=O)cn1. The predicted molar refractivity (Wildman–Crippen MR) is 243 cm³/mol. The van der Waals surface area contributed by atoms with Gasteiger partial charge in [0.1, 0.15) is 11.7 Å². The first-order valence-corrected chi connectivity index (χ1v) is 22.6. The fourth-order valence-electron chi connectivity index (χ4n) is 8.71. The first-order valence-electron chi connectivity index (χ1n) is 21.6. The van der Waals surface area contributed by atoms with Crippen molar-refractivity contribution in [2.45, 2.75) is 80.4 Å². The number of piperazine rings is 1. The van der Waals surface area contributed by atoms with Crippen molar-refractivity contribution in [2.24, 2.45) is 17.8 Å². The van der Waals surface area contributed by atoms with Crippen molar-refractivity contribution in [1.82, 2.24) is 29.3 Å². The number of benzene rings is 2. The highest BCUT2D eigenvalue weighted by molar-refractivity contribution is 7.82. The zero-order valence-corrected chi connectivity index (χ0v) is 38.5. The Hall–Kier alpha value is -6.88. The van der Waals surface area contributed by atoms with Crippen LogP contribution in [0, 0.1) is 31.2 Å². The van der Waals surface area contributed by atoms with Crippen LogP contribution < -0.4 is 23.9 Å². The molecule has 1 saturated carbocycles. The summed E-state index contributed by atoms with van der Waals surface area (Å²) in [6.45, 7) is 24.7. The van der Waals surface area contributed by atoms with Crippen LogP contribution in [0.4, 0.5) is 22.7 Å². The van der Waals surface area contributed by atoms with Crippen molar-refractivity contribution < 1.29 is 41.8 Å². The summed E-state index contributed by atoms with van der Waals surface area (Å²) in [5, 5.41) is 10.4. The van der Waals surface area contributed by atoms with E-state index in [0.29, 0.717) is 54.7 Å². The van der Waals surface area contributed by atoms with Crippen LogP contribution in [0.25, 0.3) is 27.7 Å². The van der Waals surface area contributed by atoms with Crippen molar-refractivity contribution in [3.05, 3.63) is 71.3 Å². The lowest BCUT2D eigenvalue weighted by molar-refractivity contribution is -0.150. The van der Waals surface area contributed by atoms with Gasteiger partial charge in [-0.25, -0.2) is 28.6 Å². The summed E-state index contributed by atoms with van der Waals surface area (Å²) in [4.78, 5) is 63.4. The van der Waals surface area contributed by atoms with Crippen LogP contribution in [0.5, 0.6) is 11.5 Å². The molecule has 2 aliphatic rings. The van der Waals surface area contributed by atoms with E-state index in [-0.39, 0.29) is 76.4 Å². The molecule has 0 spiro atoms. The Kier molecular flexibility index (Phi) is 13.8. The lowest BCUT2D eigenvalue weighted by atomic mass is 9.75. The molecule has 7 rings (SSSR count). The van der Waals surface area contributed by atoms with Crippen LogP contribution >= 0.6 is 0 Å². The van der Waals surface area contributed by atoms with E-state index in [1.54, 1.807) is 43.0 Å². The van der Waals surface area contributed by atoms with Crippen molar-refractivity contribution in [1.29, 1.82) is 0 Å². The number of nitrogens with zero attached hydrogens (tertiary/aromatic N) is 7. The number of carbonyl (C=O) groups excluding carboxylic acids is 4. The minimum absolute atomic E-state index is 0.0293. The smallest absolute Gasteiger partial charge is 0.347 e. The molecule has 1 saturated heterocycles. The minimum Gasteiger partial charge on any atom is -0.475 e. The highest BCUT2D eigenvalue weighted by Gasteiger charge is 2.37. The first-order chi connectivity index (χ1) is 31.0. The number of hydrogen-bond donors (Lipinski definition) is 3. The van der Waals surface area contributed by atoms with Gasteiger partial charge in [0.05, 0.1) is 42.6 Å². The number of esters is 2. The molecule has 2 aromatic carbocycles. The number of fused-ring (bicyclic) bond motifs is 1. The molecule has 1 aliphatic carbocycles. The molecule has 5 aromatic rings. The maximum Gasteiger partial charge on any atom is 0.347 e. The summed E-state index contributed by atoms with van der Waals surface area (Å²) in [7, 11) is 0. The molecule has 4 unspecified atom stereocenters. The largest absolute Gasteiger partial charge is 0.475 e. The summed E-state index contributed by atoms with van der Waals surface area (Å²) in [5.41, 5.74) is 2.72. The van der Waals surface area contributed by atoms with Crippen LogP contribution in [-0.2, 0) is 35.1 Å². The summed E-state index contributed by atoms with van der Waals surface area (Å²) in [5.74, 6) is -0.201. The van der Waals surface area contributed by atoms with Crippen molar-refractivity contribution in [3.63, 3.8) is 0 Å². The monoisotopic (exact) mass is 910 g/mol. The number of carbonyl (C=O) groups is 4. The fraction of sp³-hybridized carbons (Fsp3) is 0.444. The molecule has 4 atom stereocenters. The number of amides is 2. The summed E-state index contributed by atoms with van der Waals surface area (Å²) in [6, 6.07) is 10.4. The molecule has 4 heterocycles. The second-order valence-corrected chi connectivity index (χ2v) is 17.6. The van der Waals surface area contributed by atoms with Crippen molar-refractivity contribution in [3.8, 4) is 28.7 Å². The molecule has 65 heavy (non-hydrogen) atoms. The van der Waals surface area contributed by atoms with Gasteiger partial charge in [0, 0.05) is 45.6 Å². The quantitative estimate of drug-likeness (QED) is 0.0793. The molecule has 3 aromatic heterocycles. The molecule has 2 fully saturated rings. The molecule has 2 amide bonds. The van der Waals surface area contributed by atoms with Crippen molar-refractivity contribution in [2.75, 3.05) is 47.7 Å². The lowest BCUT2D eigenvalue weighted by Gasteiger charge is -2.37. The number of rotatable bonds is 14. The minimum atomic E-state index is -2.24. The van der Waals surface area contributed by atoms with Crippen LogP contribution in [0.1, 0.15) is 77.2 Å². The van der Waals surface area contributed by atoms with E-state index in [1.165, 1.54) is 35.4 Å². The maximum absolute atomic E-state index is 14.4. The van der Waals surface area contributed by atoms with E-state index in [9.17, 15) is 23.4 Å². The number of aromatic amines is 1. The number of nitrogens with one attached hydrogen (secondary N) is 3. The Morgan fingerprint density at radius 2 is 1.74 bits per heavy atom. The molecule has 19 nitrogen and oxygen atoms in total. The van der Waals surface area contributed by atoms with E-state index in [4.69, 9.17) is 29.9 Å². The Balaban J connectivity index is 1.29. The van der Waals surface area contributed by atoms with Gasteiger partial charge in [-0.3, -0.25) is 19.4 Å². The molecule has 344 valence electrons. The van der Waals surface area contributed by atoms with Crippen LogP contribution in [0.2, 0.25) is 0 Å². The second-order valence-electron chi connectivity index (χ2n) is 16.8. The highest BCUT2D eigenvalue weighted by atomic mass is 32.2. The van der Waals surface area contributed by atoms with E-state index in [2.05, 4.69) is 50.8 Å². The third-order valence-electron chi connectivity index (χ3n) is 11.6. The predicted octanol–water partition coefficient (Wildman–Crippen LogP) is 6.63.